The molecule has 3 aromatic rings. The van der Waals surface area contributed by atoms with Crippen molar-refractivity contribution in [1.29, 1.82) is 0 Å². The van der Waals surface area contributed by atoms with Crippen LogP contribution in [-0.4, -0.2) is 384 Å². The lowest BCUT2D eigenvalue weighted by Crippen LogP contribution is -2.63. The molecule has 5 saturated heterocycles. The third-order valence-electron chi connectivity index (χ3n) is 18.1. The van der Waals surface area contributed by atoms with Crippen molar-refractivity contribution in [3.05, 3.63) is 47.4 Å². The van der Waals surface area contributed by atoms with E-state index in [-0.39, 0.29) is 84.8 Å². The van der Waals surface area contributed by atoms with Gasteiger partial charge in [-0.2, -0.15) is 4.68 Å². The van der Waals surface area contributed by atoms with E-state index in [4.69, 9.17) is 76.2 Å². The molecule has 0 aliphatic carbocycles. The van der Waals surface area contributed by atoms with Crippen molar-refractivity contribution in [3.63, 3.8) is 0 Å². The predicted octanol–water partition coefficient (Wildman–Crippen LogP) is -6.80. The van der Waals surface area contributed by atoms with Crippen LogP contribution in [0.2, 0.25) is 0 Å². The van der Waals surface area contributed by atoms with E-state index in [9.17, 15) is 69.9 Å². The number of aliphatic hydroxyl groups excluding tert-OH is 10. The van der Waals surface area contributed by atoms with Gasteiger partial charge in [0.05, 0.1) is 84.4 Å². The summed E-state index contributed by atoms with van der Waals surface area (Å²) >= 11 is 0. The minimum absolute atomic E-state index is 0.0245. The summed E-state index contributed by atoms with van der Waals surface area (Å²) < 4.78 is 85.8. The number of amides is 4. The number of carbonyl (C=O) groups is 5. The van der Waals surface area contributed by atoms with Crippen molar-refractivity contribution >= 4 is 35.2 Å². The van der Waals surface area contributed by atoms with E-state index in [2.05, 4.69) is 31.3 Å². The van der Waals surface area contributed by atoms with Gasteiger partial charge in [-0.05, 0) is 51.3 Å². The zero-order valence-corrected chi connectivity index (χ0v) is 60.8. The van der Waals surface area contributed by atoms with Gasteiger partial charge in [-0.3, -0.25) is 24.0 Å². The molecule has 4 unspecified atom stereocenters. The van der Waals surface area contributed by atoms with Gasteiger partial charge in [0, 0.05) is 88.3 Å². The number of ether oxygens (including phenoxy) is 15. The van der Waals surface area contributed by atoms with Gasteiger partial charge in [-0.25, -0.2) is 4.68 Å². The summed E-state index contributed by atoms with van der Waals surface area (Å²) in [5.41, 5.74) is 2.20. The normalized spacial score (nSPS) is 29.8. The van der Waals surface area contributed by atoms with Crippen LogP contribution >= 0.6 is 0 Å². The second kappa shape index (κ2) is 43.3. The zero-order chi connectivity index (χ0) is 77.3. The smallest absolute Gasteiger partial charge is 0.254 e. The molecule has 5 aliphatic rings. The Morgan fingerprint density at radius 1 is 0.585 bits per heavy atom. The Morgan fingerprint density at radius 3 is 1.59 bits per heavy atom. The maximum atomic E-state index is 13.5. The second-order valence-electron chi connectivity index (χ2n) is 24.9. The van der Waals surface area contributed by atoms with E-state index >= 15 is 0 Å². The molecule has 12 N–H and O–H groups in total. The standard InChI is InChI=1S/C35H54N6O15.C30H51N5O15/c1-6-40(7-2)32-21(18-42)37-38-41(32)20-10-8-19(9-11-20)16-36-31(47)29-28(24(44)25(45)34(50-5)55-29)53-14-15-54-35-26(46)23(43)27(49-4)30(56-35)33(48)39(3)17-22-51-12-13-52-22;1-5-34(9-6-7-11-36)28(43)26-23(44-3)19(38)22(41)30(50-26)48-15-14-47-24-20(39)21(40)29(45-4)49-25(24)27(42)31-8-12-46-13-10-35-18(17(2)37)16-32-33-35/h8-11,22-30,34-35,42-46H,6-7,12-18H2,1-5H3,(H,36,47);16,19-26,29-30,36,38-41H,5-15H2,1-4H3,(H,31,42)/t23-,24-,25+,26+,27+,28+,29?,30?,34-,35-;19-,20-,21+,22+,23+,24+,25?,26?,29-,30-/m11/s1. The van der Waals surface area contributed by atoms with Crippen molar-refractivity contribution in [1.82, 2.24) is 50.4 Å². The van der Waals surface area contributed by atoms with Crippen LogP contribution in [0, 0.1) is 0 Å². The highest BCUT2D eigenvalue weighted by molar-refractivity contribution is 5.92. The van der Waals surface area contributed by atoms with Crippen LogP contribution in [-0.2, 0) is 110 Å². The van der Waals surface area contributed by atoms with Gasteiger partial charge in [0.2, 0.25) is 0 Å². The summed E-state index contributed by atoms with van der Waals surface area (Å²) in [5.74, 6) is -1.93. The molecule has 4 amide bonds. The number of nitrogens with zero attached hydrogens (tertiary/aromatic N) is 9. The second-order valence-corrected chi connectivity index (χ2v) is 24.9. The first-order chi connectivity index (χ1) is 51.0. The molecule has 8 rings (SSSR count). The number of aliphatic hydroxyl groups is 10. The van der Waals surface area contributed by atoms with Crippen LogP contribution in [0.25, 0.3) is 5.69 Å². The maximum absolute atomic E-state index is 13.5. The first-order valence-corrected chi connectivity index (χ1v) is 34.9. The molecule has 106 heavy (non-hydrogen) atoms. The number of likely N-dealkylation sites (N-methyl/N-ethyl adjacent to an activating group) is 2. The number of Topliss-reactive ketones (excluding diaryl/α,β-unsaturated/α-hetero) is 1. The summed E-state index contributed by atoms with van der Waals surface area (Å²) in [5, 5.41) is 126. The number of ketones is 1. The molecule has 41 heteroatoms. The van der Waals surface area contributed by atoms with Gasteiger partial charge < -0.3 is 147 Å². The highest BCUT2D eigenvalue weighted by Gasteiger charge is 2.53. The molecule has 0 saturated carbocycles. The lowest BCUT2D eigenvalue weighted by atomic mass is 9.97. The van der Waals surface area contributed by atoms with Crippen LogP contribution < -0.4 is 15.5 Å². The molecule has 0 spiro atoms. The summed E-state index contributed by atoms with van der Waals surface area (Å²) in [7, 11) is 6.53. The van der Waals surface area contributed by atoms with Crippen LogP contribution in [0.1, 0.15) is 62.3 Å². The van der Waals surface area contributed by atoms with Crippen LogP contribution in [0.5, 0.6) is 0 Å². The highest BCUT2D eigenvalue weighted by Crippen LogP contribution is 2.31. The fraction of sp³-hybridized carbons (Fsp3) is 0.769. The van der Waals surface area contributed by atoms with Gasteiger partial charge >= 0.3 is 0 Å². The van der Waals surface area contributed by atoms with Crippen molar-refractivity contribution < 1.29 is 146 Å². The van der Waals surface area contributed by atoms with Crippen molar-refractivity contribution in [2.24, 2.45) is 0 Å². The number of methoxy groups -OCH3 is 4. The lowest BCUT2D eigenvalue weighted by Gasteiger charge is -2.42. The topological polar surface area (TPSA) is 521 Å². The van der Waals surface area contributed by atoms with Gasteiger partial charge in [0.15, 0.2) is 67.5 Å². The molecule has 1 aromatic carbocycles. The Balaban J connectivity index is 0.000000298. The fourth-order valence-electron chi connectivity index (χ4n) is 12.3. The van der Waals surface area contributed by atoms with E-state index in [1.807, 2.05) is 18.7 Å². The Bertz CT molecular complexity index is 3140. The van der Waals surface area contributed by atoms with E-state index < -0.39 is 153 Å². The summed E-state index contributed by atoms with van der Waals surface area (Å²) in [4.78, 5) is 69.6. The number of aromatic nitrogens is 6. The molecule has 0 radical (unpaired) electrons. The van der Waals surface area contributed by atoms with Crippen LogP contribution in [0.15, 0.2) is 30.5 Å². The third kappa shape index (κ3) is 22.3. The van der Waals surface area contributed by atoms with Crippen LogP contribution in [0.4, 0.5) is 5.82 Å². The van der Waals surface area contributed by atoms with Gasteiger partial charge in [-0.15, -0.1) is 10.2 Å². The van der Waals surface area contributed by atoms with Gasteiger partial charge in [0.1, 0.15) is 84.6 Å². The molecule has 5 aliphatic heterocycles. The van der Waals surface area contributed by atoms with E-state index in [1.54, 1.807) is 35.9 Å². The Morgan fingerprint density at radius 2 is 1.09 bits per heavy atom. The molecular formula is C65H105N11O30. The number of carbonyl (C=O) groups excluding carboxylic acids is 5. The number of rotatable bonds is 39. The SMILES string of the molecule is CCN(CC)c1c(CO)nnn1-c1ccc(CNC(=O)C2O[C@@H](OC)[C@@H](O)[C@@H](O)[C@@H]2OCCO[C@@H]2OC(C(=O)N(C)CC3OCCO3)[C@@H](OC)[C@H](O)[C@@H]2O)cc1.CCN(CCCCO)C(=O)C1O[C@@H](OCCO[C@@H]2C(C(=O)NCCOCCn3nncc3C(C)=O)O[C@@H](OC)[C@@H](O)[C@H]2O)[C@@H](O)[C@@H](O)[C@@H]1OC. The quantitative estimate of drug-likeness (QED) is 0.0187. The van der Waals surface area contributed by atoms with Crippen molar-refractivity contribution in [2.75, 3.05) is 139 Å². The largest absolute Gasteiger partial charge is 0.396 e. The van der Waals surface area contributed by atoms with Gasteiger partial charge in [-0.1, -0.05) is 22.6 Å². The number of nitrogens with one attached hydrogen (secondary N) is 2. The minimum atomic E-state index is -1.62. The van der Waals surface area contributed by atoms with E-state index in [0.717, 1.165) is 0 Å². The Kier molecular flexibility index (Phi) is 35.6. The number of unbranched alkanes of at least 4 members (excludes halogenated alkanes) is 1. The van der Waals surface area contributed by atoms with E-state index in [0.29, 0.717) is 80.7 Å². The highest BCUT2D eigenvalue weighted by atomic mass is 16.7. The first kappa shape index (κ1) is 87.1. The molecule has 41 nitrogen and oxygen atoms in total. The number of benzene rings is 1. The van der Waals surface area contributed by atoms with Gasteiger partial charge in [0.25, 0.3) is 23.6 Å². The maximum Gasteiger partial charge on any atom is 0.254 e. The van der Waals surface area contributed by atoms with Crippen molar-refractivity contribution in [3.8, 4) is 5.69 Å². The lowest BCUT2D eigenvalue weighted by molar-refractivity contribution is -0.305. The number of anilines is 1. The minimum Gasteiger partial charge on any atom is -0.396 e. The monoisotopic (exact) mass is 1520 g/mol. The first-order valence-electron chi connectivity index (χ1n) is 34.9. The number of hydrogen-bond donors (Lipinski definition) is 12. The average molecular weight is 1520 g/mol. The summed E-state index contributed by atoms with van der Waals surface area (Å²) in [6.45, 7) is 9.19. The van der Waals surface area contributed by atoms with Crippen LogP contribution in [0.3, 0.4) is 0 Å². The molecule has 600 valence electrons. The fourth-order valence-corrected chi connectivity index (χ4v) is 12.3. The van der Waals surface area contributed by atoms with E-state index in [1.165, 1.54) is 63.1 Å². The molecule has 7 heterocycles. The number of hydrogen-bond acceptors (Lipinski definition) is 35. The molecular weight excluding hydrogens is 1410 g/mol. The molecule has 0 bridgehead atoms. The third-order valence-corrected chi connectivity index (χ3v) is 18.1. The zero-order valence-electron chi connectivity index (χ0n) is 60.8. The molecule has 20 atom stereocenters. The summed E-state index contributed by atoms with van der Waals surface area (Å²) in [6.07, 6.45) is -27.3. The Labute approximate surface area is 611 Å². The summed E-state index contributed by atoms with van der Waals surface area (Å²) in [6, 6.07) is 7.17. The predicted molar refractivity (Wildman–Crippen MR) is 358 cm³/mol. The molecule has 5 fully saturated rings. The average Bonchev–Trinajstić information content (AvgIpc) is 1.26. The molecule has 2 aromatic heterocycles. The van der Waals surface area contributed by atoms with Crippen molar-refractivity contribution in [2.45, 2.75) is 189 Å². The Hall–Kier alpha value is -6.15.